The average Bonchev–Trinajstić information content (AvgIpc) is 3.51. The molecule has 0 aromatic carbocycles. The van der Waals surface area contributed by atoms with Crippen LogP contribution in [0.1, 0.15) is 219 Å². The molecule has 1 rings (SSSR count). The average molecular weight is 825 g/mol. The molecule has 1 aliphatic rings. The van der Waals surface area contributed by atoms with Crippen LogP contribution < -0.4 is 0 Å². The third kappa shape index (κ3) is 32.5. The molecule has 1 heterocycles. The Kier molecular flexibility index (Phi) is 37.6. The van der Waals surface area contributed by atoms with Crippen molar-refractivity contribution in [3.8, 4) is 0 Å². The van der Waals surface area contributed by atoms with E-state index in [-0.39, 0.29) is 18.5 Å². The molecule has 0 N–H and O–H groups in total. The fourth-order valence-electron chi connectivity index (χ4n) is 7.85. The van der Waals surface area contributed by atoms with Crippen LogP contribution >= 0.6 is 0 Å². The Morgan fingerprint density at radius 3 is 1.17 bits per heavy atom. The summed E-state index contributed by atoms with van der Waals surface area (Å²) < 4.78 is 31.0. The number of ether oxygens (including phenoxy) is 5. The van der Waals surface area contributed by atoms with Crippen LogP contribution in [0.15, 0.2) is 0 Å². The highest BCUT2D eigenvalue weighted by Crippen LogP contribution is 2.30. The normalized spacial score (nSPS) is 18.1. The van der Waals surface area contributed by atoms with Gasteiger partial charge in [0.05, 0.1) is 0 Å². The van der Waals surface area contributed by atoms with Gasteiger partial charge in [0, 0.05) is 26.1 Å². The number of carbonyl (C=O) groups is 2. The molecule has 58 heavy (non-hydrogen) atoms. The second kappa shape index (κ2) is 39.9. The van der Waals surface area contributed by atoms with E-state index in [9.17, 15) is 9.59 Å². The Morgan fingerprint density at radius 1 is 0.448 bits per heavy atom. The van der Waals surface area contributed by atoms with Gasteiger partial charge >= 0.3 is 11.9 Å². The SMILES string of the molecule is CCCCCCCCCCCCCCCCO[C@@H]1[C@H](OC(=O)CCCN(C)C)O[C@H](COC(=O)CCCN(C)C)[C@@H]1OCCCCCCCCCCCCCCCC. The van der Waals surface area contributed by atoms with E-state index in [0.717, 1.165) is 45.2 Å². The molecule has 1 aliphatic heterocycles. The monoisotopic (exact) mass is 825 g/mol. The Morgan fingerprint density at radius 2 is 0.793 bits per heavy atom. The van der Waals surface area contributed by atoms with Crippen molar-refractivity contribution in [2.75, 3.05) is 61.1 Å². The van der Waals surface area contributed by atoms with Crippen molar-refractivity contribution in [3.63, 3.8) is 0 Å². The van der Waals surface area contributed by atoms with Gasteiger partial charge < -0.3 is 33.5 Å². The van der Waals surface area contributed by atoms with Crippen LogP contribution in [0.5, 0.6) is 0 Å². The molecule has 0 bridgehead atoms. The van der Waals surface area contributed by atoms with Crippen LogP contribution in [0, 0.1) is 0 Å². The number of esters is 2. The molecule has 4 atom stereocenters. The van der Waals surface area contributed by atoms with Crippen molar-refractivity contribution in [2.45, 2.75) is 244 Å². The lowest BCUT2D eigenvalue weighted by Crippen LogP contribution is -2.41. The lowest BCUT2D eigenvalue weighted by molar-refractivity contribution is -0.197. The van der Waals surface area contributed by atoms with Crippen molar-refractivity contribution in [1.29, 1.82) is 0 Å². The first-order valence-corrected chi connectivity index (χ1v) is 24.8. The zero-order valence-corrected chi connectivity index (χ0v) is 39.2. The minimum Gasteiger partial charge on any atom is -0.463 e. The molecular weight excluding hydrogens is 729 g/mol. The number of rotatable bonds is 43. The summed E-state index contributed by atoms with van der Waals surface area (Å²) >= 11 is 0. The van der Waals surface area contributed by atoms with Crippen molar-refractivity contribution < 1.29 is 33.3 Å². The predicted molar refractivity (Wildman–Crippen MR) is 241 cm³/mol. The molecule has 9 heteroatoms. The third-order valence-electron chi connectivity index (χ3n) is 11.5. The minimum atomic E-state index is -0.891. The number of hydrogen-bond acceptors (Lipinski definition) is 9. The Bertz CT molecular complexity index is 919. The first-order valence-electron chi connectivity index (χ1n) is 24.8. The maximum Gasteiger partial charge on any atom is 0.308 e. The number of carbonyl (C=O) groups excluding carboxylic acids is 2. The summed E-state index contributed by atoms with van der Waals surface area (Å²) in [5.41, 5.74) is 0. The van der Waals surface area contributed by atoms with Gasteiger partial charge in [0.15, 0.2) is 0 Å². The van der Waals surface area contributed by atoms with Crippen LogP contribution in [0.25, 0.3) is 0 Å². The topological polar surface area (TPSA) is 86.8 Å². The van der Waals surface area contributed by atoms with E-state index in [0.29, 0.717) is 32.5 Å². The van der Waals surface area contributed by atoms with E-state index in [1.807, 2.05) is 28.2 Å². The molecule has 0 unspecified atom stereocenters. The maximum atomic E-state index is 13.0. The van der Waals surface area contributed by atoms with Gasteiger partial charge in [-0.3, -0.25) is 9.59 Å². The highest BCUT2D eigenvalue weighted by atomic mass is 16.7. The quantitative estimate of drug-likeness (QED) is 0.0440. The van der Waals surface area contributed by atoms with Gasteiger partial charge in [0.1, 0.15) is 24.9 Å². The van der Waals surface area contributed by atoms with Crippen LogP contribution in [0.4, 0.5) is 0 Å². The van der Waals surface area contributed by atoms with E-state index in [1.54, 1.807) is 0 Å². The Hall–Kier alpha value is -1.26. The molecule has 0 aromatic rings. The van der Waals surface area contributed by atoms with E-state index < -0.39 is 24.6 Å². The summed E-state index contributed by atoms with van der Waals surface area (Å²) in [5.74, 6) is -0.552. The van der Waals surface area contributed by atoms with Gasteiger partial charge in [-0.1, -0.05) is 181 Å². The van der Waals surface area contributed by atoms with Crippen molar-refractivity contribution in [1.82, 2.24) is 9.80 Å². The molecule has 0 aliphatic carbocycles. The Balaban J connectivity index is 2.64. The second-order valence-corrected chi connectivity index (χ2v) is 17.9. The van der Waals surface area contributed by atoms with Crippen LogP contribution in [0.2, 0.25) is 0 Å². The molecule has 344 valence electrons. The zero-order valence-electron chi connectivity index (χ0n) is 39.2. The predicted octanol–water partition coefficient (Wildman–Crippen LogP) is 12.2. The first-order chi connectivity index (χ1) is 28.3. The zero-order chi connectivity index (χ0) is 42.3. The molecule has 0 aromatic heterocycles. The van der Waals surface area contributed by atoms with Gasteiger partial charge in [0.2, 0.25) is 6.29 Å². The largest absolute Gasteiger partial charge is 0.463 e. The van der Waals surface area contributed by atoms with E-state index in [1.165, 1.54) is 154 Å². The summed E-state index contributed by atoms with van der Waals surface area (Å²) in [5, 5.41) is 0. The van der Waals surface area contributed by atoms with Crippen LogP contribution in [-0.4, -0.2) is 107 Å². The van der Waals surface area contributed by atoms with Gasteiger partial charge in [0.25, 0.3) is 0 Å². The summed E-state index contributed by atoms with van der Waals surface area (Å²) in [6, 6.07) is 0. The molecule has 1 fully saturated rings. The van der Waals surface area contributed by atoms with Crippen molar-refractivity contribution in [3.05, 3.63) is 0 Å². The smallest absolute Gasteiger partial charge is 0.308 e. The lowest BCUT2D eigenvalue weighted by atomic mass is 10.0. The highest BCUT2D eigenvalue weighted by Gasteiger charge is 2.49. The van der Waals surface area contributed by atoms with E-state index in [4.69, 9.17) is 23.7 Å². The van der Waals surface area contributed by atoms with Gasteiger partial charge in [-0.2, -0.15) is 0 Å². The summed E-state index contributed by atoms with van der Waals surface area (Å²) in [4.78, 5) is 29.8. The fraction of sp³-hybridized carbons (Fsp3) is 0.959. The summed E-state index contributed by atoms with van der Waals surface area (Å²) in [6.45, 7) is 7.36. The molecule has 0 spiro atoms. The molecular formula is C49H96N2O7. The Labute approximate surface area is 359 Å². The van der Waals surface area contributed by atoms with Crippen LogP contribution in [-0.2, 0) is 33.3 Å². The summed E-state index contributed by atoms with van der Waals surface area (Å²) in [7, 11) is 7.99. The first kappa shape index (κ1) is 54.8. The minimum absolute atomic E-state index is 0.0532. The number of nitrogens with zero attached hydrogens (tertiary/aromatic N) is 2. The number of unbranched alkanes of at least 4 members (excludes halogenated alkanes) is 26. The number of hydrogen-bond donors (Lipinski definition) is 0. The van der Waals surface area contributed by atoms with Crippen molar-refractivity contribution >= 4 is 11.9 Å². The van der Waals surface area contributed by atoms with E-state index in [2.05, 4.69) is 23.6 Å². The lowest BCUT2D eigenvalue weighted by Gasteiger charge is -2.24. The molecule has 1 saturated heterocycles. The second-order valence-electron chi connectivity index (χ2n) is 17.9. The van der Waals surface area contributed by atoms with Crippen molar-refractivity contribution in [2.24, 2.45) is 0 Å². The van der Waals surface area contributed by atoms with Gasteiger partial charge in [-0.15, -0.1) is 0 Å². The standard InChI is InChI=1S/C49H96N2O7/c1-7-9-11-13-15-17-19-21-23-25-27-29-31-33-41-54-47-44(43-56-45(52)37-35-39-50(3)4)57-49(58-46(53)38-36-40-51(5)6)48(47)55-42-34-32-30-28-26-24-22-20-18-16-14-12-10-8-2/h44,47-49H,7-43H2,1-6H3/t44-,47+,48+,49+/m1/s1. The molecule has 0 amide bonds. The molecule has 9 nitrogen and oxygen atoms in total. The maximum absolute atomic E-state index is 13.0. The molecule has 0 saturated carbocycles. The molecule has 0 radical (unpaired) electrons. The van der Waals surface area contributed by atoms with Crippen LogP contribution in [0.3, 0.4) is 0 Å². The fourth-order valence-corrected chi connectivity index (χ4v) is 7.85. The summed E-state index contributed by atoms with van der Waals surface area (Å²) in [6.07, 6.45) is 36.0. The van der Waals surface area contributed by atoms with E-state index >= 15 is 0 Å². The third-order valence-corrected chi connectivity index (χ3v) is 11.5. The van der Waals surface area contributed by atoms with Gasteiger partial charge in [-0.25, -0.2) is 0 Å². The van der Waals surface area contributed by atoms with Gasteiger partial charge in [-0.05, 0) is 67.0 Å². The highest BCUT2D eigenvalue weighted by molar-refractivity contribution is 5.69.